The Kier molecular flexibility index (Phi) is 2.05. The molecule has 1 saturated heterocycles. The van der Waals surface area contributed by atoms with Gasteiger partial charge in [0.05, 0.1) is 6.17 Å². The predicted octanol–water partition coefficient (Wildman–Crippen LogP) is 2.45. The molecule has 1 aromatic rings. The first-order valence-electron chi connectivity index (χ1n) is 6.17. The van der Waals surface area contributed by atoms with Crippen molar-refractivity contribution in [2.45, 2.75) is 31.3 Å². The van der Waals surface area contributed by atoms with Crippen molar-refractivity contribution in [2.75, 3.05) is 25.5 Å². The lowest BCUT2D eigenvalue weighted by atomic mass is 9.75. The number of piperidine rings is 1. The molecule has 2 heterocycles. The van der Waals surface area contributed by atoms with Crippen molar-refractivity contribution in [1.82, 2.24) is 4.90 Å². The second kappa shape index (κ2) is 3.24. The van der Waals surface area contributed by atoms with Crippen LogP contribution in [0.4, 0.5) is 5.69 Å². The van der Waals surface area contributed by atoms with Gasteiger partial charge in [0, 0.05) is 18.2 Å². The van der Waals surface area contributed by atoms with E-state index < -0.39 is 0 Å². The fraction of sp³-hybridized carbons (Fsp3) is 0.571. The Bertz CT molecular complexity index is 415. The van der Waals surface area contributed by atoms with E-state index >= 15 is 0 Å². The third-order valence-corrected chi connectivity index (χ3v) is 4.46. The quantitative estimate of drug-likeness (QED) is 0.657. The summed E-state index contributed by atoms with van der Waals surface area (Å²) in [4.78, 5) is 4.96. The minimum absolute atomic E-state index is 0.318. The first-order valence-corrected chi connectivity index (χ1v) is 6.17. The number of hydrogen-bond donors (Lipinski definition) is 0. The lowest BCUT2D eigenvalue weighted by molar-refractivity contribution is 0.114. The van der Waals surface area contributed by atoms with Crippen LogP contribution < -0.4 is 4.90 Å². The first kappa shape index (κ1) is 10.2. The van der Waals surface area contributed by atoms with Crippen molar-refractivity contribution in [3.8, 4) is 0 Å². The molecule has 1 fully saturated rings. The Morgan fingerprint density at radius 3 is 2.81 bits per heavy atom. The molecule has 0 amide bonds. The monoisotopic (exact) mass is 216 g/mol. The largest absolute Gasteiger partial charge is 0.358 e. The molecule has 1 aromatic carbocycles. The van der Waals surface area contributed by atoms with Crippen LogP contribution in [0.15, 0.2) is 24.3 Å². The Morgan fingerprint density at radius 1 is 1.25 bits per heavy atom. The molecule has 16 heavy (non-hydrogen) atoms. The van der Waals surface area contributed by atoms with Crippen molar-refractivity contribution in [1.29, 1.82) is 0 Å². The fourth-order valence-electron chi connectivity index (χ4n) is 3.83. The number of likely N-dealkylation sites (tertiary alicyclic amines) is 1. The smallest absolute Gasteiger partial charge is 0.0911 e. The number of hydrogen-bond acceptors (Lipinski definition) is 2. The number of para-hydroxylation sites is 1. The van der Waals surface area contributed by atoms with Gasteiger partial charge in [-0.05, 0) is 38.1 Å². The van der Waals surface area contributed by atoms with Gasteiger partial charge in [-0.15, -0.1) is 0 Å². The van der Waals surface area contributed by atoms with Crippen LogP contribution in [-0.4, -0.2) is 31.7 Å². The zero-order chi connectivity index (χ0) is 11.3. The van der Waals surface area contributed by atoms with Gasteiger partial charge >= 0.3 is 0 Å². The molecule has 0 aromatic heterocycles. The van der Waals surface area contributed by atoms with E-state index in [-0.39, 0.29) is 0 Å². The molecule has 2 nitrogen and oxygen atoms in total. The molecule has 0 radical (unpaired) electrons. The zero-order valence-corrected chi connectivity index (χ0v) is 10.4. The van der Waals surface area contributed by atoms with E-state index in [1.54, 1.807) is 0 Å². The van der Waals surface area contributed by atoms with Crippen LogP contribution in [0.2, 0.25) is 0 Å². The average molecular weight is 216 g/mol. The molecule has 2 aliphatic heterocycles. The molecule has 3 rings (SSSR count). The van der Waals surface area contributed by atoms with Crippen LogP contribution in [0.1, 0.15) is 25.3 Å². The van der Waals surface area contributed by atoms with E-state index in [0.717, 1.165) is 0 Å². The molecular formula is C14H20N2. The van der Waals surface area contributed by atoms with Crippen molar-refractivity contribution >= 4 is 5.69 Å². The molecule has 0 N–H and O–H groups in total. The van der Waals surface area contributed by atoms with Gasteiger partial charge in [-0.2, -0.15) is 0 Å². The minimum Gasteiger partial charge on any atom is -0.358 e. The van der Waals surface area contributed by atoms with Gasteiger partial charge in [-0.3, -0.25) is 4.90 Å². The average Bonchev–Trinajstić information content (AvgIpc) is 2.50. The van der Waals surface area contributed by atoms with Crippen molar-refractivity contribution < 1.29 is 0 Å². The van der Waals surface area contributed by atoms with Gasteiger partial charge in [0.1, 0.15) is 0 Å². The lowest BCUT2D eigenvalue weighted by Gasteiger charge is -2.45. The maximum Gasteiger partial charge on any atom is 0.0911 e. The predicted molar refractivity (Wildman–Crippen MR) is 67.8 cm³/mol. The highest BCUT2D eigenvalue weighted by molar-refractivity contribution is 5.63. The molecule has 2 atom stereocenters. The topological polar surface area (TPSA) is 6.48 Å². The molecule has 86 valence electrons. The van der Waals surface area contributed by atoms with Crippen LogP contribution in [0.5, 0.6) is 0 Å². The number of rotatable bonds is 0. The highest BCUT2D eigenvalue weighted by Gasteiger charge is 2.49. The molecule has 0 bridgehead atoms. The maximum atomic E-state index is 2.50. The minimum atomic E-state index is 0.318. The number of benzene rings is 1. The van der Waals surface area contributed by atoms with Gasteiger partial charge in [0.25, 0.3) is 0 Å². The van der Waals surface area contributed by atoms with Crippen LogP contribution in [0.3, 0.4) is 0 Å². The normalized spacial score (nSPS) is 33.7. The summed E-state index contributed by atoms with van der Waals surface area (Å²) in [6.07, 6.45) is 3.16. The van der Waals surface area contributed by atoms with E-state index in [0.29, 0.717) is 11.6 Å². The van der Waals surface area contributed by atoms with E-state index in [1.165, 1.54) is 30.6 Å². The molecule has 2 unspecified atom stereocenters. The second-order valence-electron chi connectivity index (χ2n) is 5.50. The Hall–Kier alpha value is -1.02. The third kappa shape index (κ3) is 1.11. The Labute approximate surface area is 97.9 Å². The first-order chi connectivity index (χ1) is 7.64. The van der Waals surface area contributed by atoms with Crippen LogP contribution in [-0.2, 0) is 5.41 Å². The summed E-state index contributed by atoms with van der Waals surface area (Å²) in [7, 11) is 4.49. The van der Waals surface area contributed by atoms with Gasteiger partial charge in [0.2, 0.25) is 0 Å². The number of likely N-dealkylation sites (N-methyl/N-ethyl adjacent to an activating group) is 2. The summed E-state index contributed by atoms with van der Waals surface area (Å²) >= 11 is 0. The zero-order valence-electron chi connectivity index (χ0n) is 10.4. The van der Waals surface area contributed by atoms with Crippen molar-refractivity contribution in [3.05, 3.63) is 29.8 Å². The fourth-order valence-corrected chi connectivity index (χ4v) is 3.83. The van der Waals surface area contributed by atoms with E-state index in [4.69, 9.17) is 0 Å². The van der Waals surface area contributed by atoms with Crippen LogP contribution >= 0.6 is 0 Å². The molecule has 2 aliphatic rings. The van der Waals surface area contributed by atoms with Gasteiger partial charge < -0.3 is 4.90 Å². The Morgan fingerprint density at radius 2 is 2.00 bits per heavy atom. The van der Waals surface area contributed by atoms with Crippen LogP contribution in [0.25, 0.3) is 0 Å². The number of fused-ring (bicyclic) bond motifs is 3. The standard InChI is InChI=1S/C14H20N2/c1-14-9-6-10-15(2)13(14)16(3)12-8-5-4-7-11(12)14/h4-5,7-8,13H,6,9-10H2,1-3H3. The molecule has 0 spiro atoms. The summed E-state index contributed by atoms with van der Waals surface area (Å²) < 4.78 is 0. The van der Waals surface area contributed by atoms with E-state index in [1.807, 2.05) is 0 Å². The lowest BCUT2D eigenvalue weighted by Crippen LogP contribution is -2.55. The third-order valence-electron chi connectivity index (χ3n) is 4.46. The summed E-state index contributed by atoms with van der Waals surface area (Å²) in [6, 6.07) is 8.89. The summed E-state index contributed by atoms with van der Waals surface area (Å²) in [5.41, 5.74) is 3.27. The van der Waals surface area contributed by atoms with Gasteiger partial charge in [-0.1, -0.05) is 25.1 Å². The van der Waals surface area contributed by atoms with Gasteiger partial charge in [-0.25, -0.2) is 0 Å². The highest BCUT2D eigenvalue weighted by Crippen LogP contribution is 2.49. The SMILES string of the molecule is CN1CCCC2(C)c3ccccc3N(C)C12. The molecule has 0 aliphatic carbocycles. The number of nitrogens with zero attached hydrogens (tertiary/aromatic N) is 2. The van der Waals surface area contributed by atoms with Crippen molar-refractivity contribution in [3.63, 3.8) is 0 Å². The molecular weight excluding hydrogens is 196 g/mol. The van der Waals surface area contributed by atoms with E-state index in [2.05, 4.69) is 55.1 Å². The van der Waals surface area contributed by atoms with Crippen molar-refractivity contribution in [2.24, 2.45) is 0 Å². The Balaban J connectivity index is 2.16. The summed E-state index contributed by atoms with van der Waals surface area (Å²) in [5.74, 6) is 0. The number of anilines is 1. The molecule has 2 heteroatoms. The maximum absolute atomic E-state index is 2.50. The van der Waals surface area contributed by atoms with Crippen LogP contribution in [0, 0.1) is 0 Å². The van der Waals surface area contributed by atoms with E-state index in [9.17, 15) is 0 Å². The van der Waals surface area contributed by atoms with Gasteiger partial charge in [0.15, 0.2) is 0 Å². The summed E-state index contributed by atoms with van der Waals surface area (Å²) in [6.45, 7) is 3.65. The summed E-state index contributed by atoms with van der Waals surface area (Å²) in [5, 5.41) is 0. The second-order valence-corrected chi connectivity index (χ2v) is 5.50. The highest BCUT2D eigenvalue weighted by atomic mass is 15.4. The molecule has 0 saturated carbocycles.